The summed E-state index contributed by atoms with van der Waals surface area (Å²) < 4.78 is 6.29. The molecule has 0 bridgehead atoms. The van der Waals surface area contributed by atoms with Gasteiger partial charge < -0.3 is 9.84 Å². The number of hydrogen-bond donors (Lipinski definition) is 1. The van der Waals surface area contributed by atoms with Crippen LogP contribution in [0.2, 0.25) is 0 Å². The number of hydrogen-bond acceptors (Lipinski definition) is 5. The quantitative estimate of drug-likeness (QED) is 0.898. The molecule has 7 nitrogen and oxygen atoms in total. The zero-order chi connectivity index (χ0) is 14.9. The number of amides is 1. The Kier molecular flexibility index (Phi) is 3.87. The summed E-state index contributed by atoms with van der Waals surface area (Å²) in [5.41, 5.74) is 0.599. The maximum absolute atomic E-state index is 12.2. The number of nitrogens with zero attached hydrogens (tertiary/aromatic N) is 3. The lowest BCUT2D eigenvalue weighted by atomic mass is 10.2. The molecule has 0 aliphatic rings. The molecule has 1 N–H and O–H groups in total. The van der Waals surface area contributed by atoms with Crippen molar-refractivity contribution >= 4 is 16.8 Å². The van der Waals surface area contributed by atoms with Gasteiger partial charge in [0.25, 0.3) is 5.56 Å². The molecule has 0 saturated heterocycles. The number of aromatic nitrogens is 3. The van der Waals surface area contributed by atoms with Crippen LogP contribution in [0.1, 0.15) is 31.7 Å². The van der Waals surface area contributed by atoms with Gasteiger partial charge in [0.2, 0.25) is 5.91 Å². The lowest BCUT2D eigenvalue weighted by Crippen LogP contribution is -2.32. The molecule has 20 heavy (non-hydrogen) atoms. The Bertz CT molecular complexity index is 699. The molecular weight excluding hydrogens is 260 g/mol. The van der Waals surface area contributed by atoms with Crippen LogP contribution >= 0.6 is 0 Å². The molecule has 0 aromatic carbocycles. The average molecular weight is 278 g/mol. The molecule has 2 aromatic rings. The Morgan fingerprint density at radius 3 is 2.75 bits per heavy atom. The van der Waals surface area contributed by atoms with Crippen LogP contribution in [-0.2, 0) is 11.3 Å². The van der Waals surface area contributed by atoms with Crippen LogP contribution < -0.4 is 10.9 Å². The van der Waals surface area contributed by atoms with Crippen molar-refractivity contribution in [1.29, 1.82) is 0 Å². The molecule has 0 unspecified atom stereocenters. The molecule has 0 saturated carbocycles. The predicted molar refractivity (Wildman–Crippen MR) is 73.4 cm³/mol. The predicted octanol–water partition coefficient (Wildman–Crippen LogP) is 0.916. The number of nitrogens with one attached hydrogen (secondary N) is 1. The van der Waals surface area contributed by atoms with Crippen molar-refractivity contribution in [2.24, 2.45) is 0 Å². The molecule has 1 amide bonds. The van der Waals surface area contributed by atoms with Crippen molar-refractivity contribution in [3.63, 3.8) is 0 Å². The standard InChI is InChI=1S/C13H18N4O3/c1-7(2)14-10(18)5-6-17-13(19)12-11(8(3)15-17)9(4)20-16-12/h7H,5-6H2,1-4H3,(H,14,18). The molecule has 0 atom stereocenters. The van der Waals surface area contributed by atoms with Gasteiger partial charge in [0.05, 0.1) is 17.6 Å². The van der Waals surface area contributed by atoms with E-state index in [1.165, 1.54) is 4.68 Å². The fraction of sp³-hybridized carbons (Fsp3) is 0.538. The van der Waals surface area contributed by atoms with E-state index >= 15 is 0 Å². The summed E-state index contributed by atoms with van der Waals surface area (Å²) in [5.74, 6) is 0.467. The molecule has 2 heterocycles. The normalized spacial score (nSPS) is 11.2. The summed E-state index contributed by atoms with van der Waals surface area (Å²) in [6.07, 6.45) is 0.201. The molecule has 0 aliphatic carbocycles. The summed E-state index contributed by atoms with van der Waals surface area (Å²) in [4.78, 5) is 23.8. The van der Waals surface area contributed by atoms with Crippen molar-refractivity contribution in [3.05, 3.63) is 21.8 Å². The summed E-state index contributed by atoms with van der Waals surface area (Å²) in [7, 11) is 0. The molecule has 108 valence electrons. The molecule has 0 radical (unpaired) electrons. The van der Waals surface area contributed by atoms with Crippen molar-refractivity contribution in [1.82, 2.24) is 20.3 Å². The number of aryl methyl sites for hydroxylation is 3. The Morgan fingerprint density at radius 1 is 1.40 bits per heavy atom. The van der Waals surface area contributed by atoms with Crippen molar-refractivity contribution < 1.29 is 9.32 Å². The average Bonchev–Trinajstić information content (AvgIpc) is 2.74. The van der Waals surface area contributed by atoms with Crippen molar-refractivity contribution in [2.75, 3.05) is 0 Å². The van der Waals surface area contributed by atoms with E-state index in [0.29, 0.717) is 16.8 Å². The highest BCUT2D eigenvalue weighted by Crippen LogP contribution is 2.16. The third kappa shape index (κ3) is 2.71. The van der Waals surface area contributed by atoms with E-state index in [4.69, 9.17) is 4.52 Å². The molecular formula is C13H18N4O3. The Labute approximate surface area is 115 Å². The Morgan fingerprint density at radius 2 is 2.10 bits per heavy atom. The summed E-state index contributed by atoms with van der Waals surface area (Å²) in [5, 5.41) is 11.4. The van der Waals surface area contributed by atoms with E-state index in [1.807, 2.05) is 13.8 Å². The van der Waals surface area contributed by atoms with Crippen LogP contribution in [0.3, 0.4) is 0 Å². The van der Waals surface area contributed by atoms with E-state index in [1.54, 1.807) is 13.8 Å². The van der Waals surface area contributed by atoms with E-state index in [9.17, 15) is 9.59 Å². The van der Waals surface area contributed by atoms with Gasteiger partial charge in [-0.3, -0.25) is 9.59 Å². The van der Waals surface area contributed by atoms with Gasteiger partial charge in [-0.15, -0.1) is 0 Å². The molecule has 2 rings (SSSR count). The minimum atomic E-state index is -0.334. The highest BCUT2D eigenvalue weighted by Gasteiger charge is 2.15. The van der Waals surface area contributed by atoms with Gasteiger partial charge in [0, 0.05) is 12.5 Å². The second kappa shape index (κ2) is 5.44. The number of carbonyl (C=O) groups excluding carboxylic acids is 1. The SMILES string of the molecule is Cc1nn(CCC(=O)NC(C)C)c(=O)c2noc(C)c12. The van der Waals surface area contributed by atoms with Crippen LogP contribution in [0.5, 0.6) is 0 Å². The minimum absolute atomic E-state index is 0.0783. The fourth-order valence-corrected chi connectivity index (χ4v) is 2.10. The van der Waals surface area contributed by atoms with Crippen LogP contribution in [-0.4, -0.2) is 26.9 Å². The highest BCUT2D eigenvalue weighted by molar-refractivity contribution is 5.81. The Balaban J connectivity index is 2.25. The third-order valence-corrected chi connectivity index (χ3v) is 2.93. The smallest absolute Gasteiger partial charge is 0.296 e. The van der Waals surface area contributed by atoms with E-state index < -0.39 is 0 Å². The maximum atomic E-state index is 12.2. The second-order valence-electron chi connectivity index (χ2n) is 5.05. The van der Waals surface area contributed by atoms with Gasteiger partial charge >= 0.3 is 0 Å². The monoisotopic (exact) mass is 278 g/mol. The molecule has 0 fully saturated rings. The summed E-state index contributed by atoms with van der Waals surface area (Å²) in [6.45, 7) is 7.52. The topological polar surface area (TPSA) is 90.0 Å². The van der Waals surface area contributed by atoms with E-state index in [2.05, 4.69) is 15.6 Å². The molecule has 0 aliphatic heterocycles. The van der Waals surface area contributed by atoms with Gasteiger partial charge in [-0.2, -0.15) is 5.10 Å². The first-order chi connectivity index (χ1) is 9.40. The highest BCUT2D eigenvalue weighted by atomic mass is 16.5. The lowest BCUT2D eigenvalue weighted by Gasteiger charge is -2.09. The number of fused-ring (bicyclic) bond motifs is 1. The fourth-order valence-electron chi connectivity index (χ4n) is 2.10. The first-order valence-electron chi connectivity index (χ1n) is 6.53. The lowest BCUT2D eigenvalue weighted by molar-refractivity contribution is -0.121. The van der Waals surface area contributed by atoms with E-state index in [0.717, 1.165) is 0 Å². The van der Waals surface area contributed by atoms with Crippen LogP contribution in [0.15, 0.2) is 9.32 Å². The third-order valence-electron chi connectivity index (χ3n) is 2.93. The van der Waals surface area contributed by atoms with Crippen LogP contribution in [0, 0.1) is 13.8 Å². The molecule has 7 heteroatoms. The largest absolute Gasteiger partial charge is 0.360 e. The minimum Gasteiger partial charge on any atom is -0.360 e. The Hall–Kier alpha value is -2.18. The summed E-state index contributed by atoms with van der Waals surface area (Å²) in [6, 6.07) is 0.0783. The van der Waals surface area contributed by atoms with Gasteiger partial charge in [0.15, 0.2) is 5.52 Å². The van der Waals surface area contributed by atoms with Gasteiger partial charge in [-0.25, -0.2) is 4.68 Å². The van der Waals surface area contributed by atoms with Gasteiger partial charge in [-0.05, 0) is 27.7 Å². The van der Waals surface area contributed by atoms with Gasteiger partial charge in [0.1, 0.15) is 5.76 Å². The van der Waals surface area contributed by atoms with Crippen molar-refractivity contribution in [2.45, 2.75) is 46.7 Å². The number of carbonyl (C=O) groups is 1. The van der Waals surface area contributed by atoms with E-state index in [-0.39, 0.29) is 36.0 Å². The molecule has 0 spiro atoms. The first kappa shape index (κ1) is 14.2. The first-order valence-corrected chi connectivity index (χ1v) is 6.53. The zero-order valence-electron chi connectivity index (χ0n) is 12.1. The van der Waals surface area contributed by atoms with Crippen molar-refractivity contribution in [3.8, 4) is 0 Å². The molecule has 2 aromatic heterocycles. The number of rotatable bonds is 4. The maximum Gasteiger partial charge on any atom is 0.296 e. The van der Waals surface area contributed by atoms with Crippen LogP contribution in [0.25, 0.3) is 10.9 Å². The zero-order valence-corrected chi connectivity index (χ0v) is 12.1. The summed E-state index contributed by atoms with van der Waals surface area (Å²) >= 11 is 0. The second-order valence-corrected chi connectivity index (χ2v) is 5.05. The van der Waals surface area contributed by atoms with Gasteiger partial charge in [-0.1, -0.05) is 5.16 Å². The van der Waals surface area contributed by atoms with Crippen LogP contribution in [0.4, 0.5) is 0 Å².